The molecule has 0 saturated carbocycles. The molecule has 8 nitrogen and oxygen atoms in total. The molecule has 3 aromatic carbocycles. The van der Waals surface area contributed by atoms with E-state index in [2.05, 4.69) is 0 Å². The Hall–Kier alpha value is -2.98. The average Bonchev–Trinajstić information content (AvgIpc) is 3.04. The van der Waals surface area contributed by atoms with Crippen molar-refractivity contribution < 1.29 is 38.6 Å². The minimum atomic E-state index is -0.588. The van der Waals surface area contributed by atoms with Gasteiger partial charge in [-0.05, 0) is 61.1 Å². The third kappa shape index (κ3) is 14.8. The smallest absolute Gasteiger partial charge is 0.119 e. The standard InChI is InChI=1S/C34H46O8/c35-33(29-11-3-1-4-12-29)27-39-21-9-7-19-37-23-25-41-31-15-17-32(18-16-31)42-26-24-38-20-8-10-22-40-28-34(36)30-13-5-2-6-14-30/h1-6,11-18,33-36H,7-10,19-28H2. The molecule has 0 saturated heterocycles. The van der Waals surface area contributed by atoms with Crippen molar-refractivity contribution in [1.29, 1.82) is 0 Å². The monoisotopic (exact) mass is 582 g/mol. The first kappa shape index (κ1) is 33.5. The van der Waals surface area contributed by atoms with Crippen molar-refractivity contribution in [3.8, 4) is 11.5 Å². The van der Waals surface area contributed by atoms with Crippen LogP contribution in [0.2, 0.25) is 0 Å². The van der Waals surface area contributed by atoms with Crippen LogP contribution < -0.4 is 9.47 Å². The van der Waals surface area contributed by atoms with E-state index >= 15 is 0 Å². The maximum absolute atomic E-state index is 10.1. The van der Waals surface area contributed by atoms with Crippen molar-refractivity contribution in [2.75, 3.05) is 66.1 Å². The van der Waals surface area contributed by atoms with Crippen LogP contribution in [0.5, 0.6) is 11.5 Å². The molecule has 0 aromatic heterocycles. The summed E-state index contributed by atoms with van der Waals surface area (Å²) in [4.78, 5) is 0. The predicted molar refractivity (Wildman–Crippen MR) is 162 cm³/mol. The molecule has 0 aliphatic rings. The van der Waals surface area contributed by atoms with E-state index in [9.17, 15) is 10.2 Å². The summed E-state index contributed by atoms with van der Waals surface area (Å²) < 4.78 is 33.8. The number of rotatable bonds is 24. The second-order valence-electron chi connectivity index (χ2n) is 9.81. The summed E-state index contributed by atoms with van der Waals surface area (Å²) in [7, 11) is 0. The molecule has 230 valence electrons. The molecule has 3 aromatic rings. The minimum absolute atomic E-state index is 0.302. The normalized spacial score (nSPS) is 12.6. The number of unbranched alkanes of at least 4 members (excludes halogenated alkanes) is 2. The Kier molecular flexibility index (Phi) is 17.3. The Labute approximate surface area is 250 Å². The highest BCUT2D eigenvalue weighted by atomic mass is 16.5. The molecule has 0 spiro atoms. The molecule has 0 heterocycles. The first-order valence-electron chi connectivity index (χ1n) is 14.8. The third-order valence-electron chi connectivity index (χ3n) is 6.39. The van der Waals surface area contributed by atoms with Crippen molar-refractivity contribution in [1.82, 2.24) is 0 Å². The first-order valence-corrected chi connectivity index (χ1v) is 14.8. The van der Waals surface area contributed by atoms with Gasteiger partial charge in [0.25, 0.3) is 0 Å². The molecular weight excluding hydrogens is 536 g/mol. The molecule has 8 heteroatoms. The molecule has 2 unspecified atom stereocenters. The number of aliphatic hydroxyl groups excluding tert-OH is 2. The second-order valence-corrected chi connectivity index (χ2v) is 9.81. The molecule has 42 heavy (non-hydrogen) atoms. The van der Waals surface area contributed by atoms with Gasteiger partial charge in [0, 0.05) is 26.4 Å². The quantitative estimate of drug-likeness (QED) is 0.133. The van der Waals surface area contributed by atoms with Gasteiger partial charge in [-0.3, -0.25) is 0 Å². The van der Waals surface area contributed by atoms with Gasteiger partial charge in [0.15, 0.2) is 0 Å². The van der Waals surface area contributed by atoms with Crippen LogP contribution in [0.3, 0.4) is 0 Å². The maximum Gasteiger partial charge on any atom is 0.119 e. The maximum atomic E-state index is 10.1. The fraction of sp³-hybridized carbons (Fsp3) is 0.471. The molecular formula is C34H46O8. The Balaban J connectivity index is 1.07. The summed E-state index contributed by atoms with van der Waals surface area (Å²) in [6, 6.07) is 26.6. The van der Waals surface area contributed by atoms with Crippen LogP contribution in [-0.4, -0.2) is 76.3 Å². The zero-order valence-corrected chi connectivity index (χ0v) is 24.5. The molecule has 2 atom stereocenters. The lowest BCUT2D eigenvalue weighted by Crippen LogP contribution is -2.10. The summed E-state index contributed by atoms with van der Waals surface area (Å²) in [6.45, 7) is 5.09. The van der Waals surface area contributed by atoms with Crippen LogP contribution in [0.1, 0.15) is 49.0 Å². The van der Waals surface area contributed by atoms with E-state index in [1.807, 2.05) is 84.9 Å². The molecule has 0 bridgehead atoms. The van der Waals surface area contributed by atoms with Crippen LogP contribution in [0, 0.1) is 0 Å². The van der Waals surface area contributed by atoms with Gasteiger partial charge < -0.3 is 38.6 Å². The van der Waals surface area contributed by atoms with E-state index in [1.165, 1.54) is 0 Å². The Morgan fingerprint density at radius 3 is 1.14 bits per heavy atom. The van der Waals surface area contributed by atoms with E-state index in [1.54, 1.807) is 0 Å². The van der Waals surface area contributed by atoms with Crippen molar-refractivity contribution in [3.05, 3.63) is 96.1 Å². The van der Waals surface area contributed by atoms with Crippen molar-refractivity contribution in [2.45, 2.75) is 37.9 Å². The summed E-state index contributed by atoms with van der Waals surface area (Å²) in [5.74, 6) is 1.54. The van der Waals surface area contributed by atoms with E-state index in [0.29, 0.717) is 66.1 Å². The Bertz CT molecular complexity index is 948. The van der Waals surface area contributed by atoms with Gasteiger partial charge in [0.2, 0.25) is 0 Å². The number of ether oxygens (including phenoxy) is 6. The highest BCUT2D eigenvalue weighted by Crippen LogP contribution is 2.18. The molecule has 0 fully saturated rings. The van der Waals surface area contributed by atoms with Crippen LogP contribution in [-0.2, 0) is 18.9 Å². The van der Waals surface area contributed by atoms with Gasteiger partial charge in [-0.25, -0.2) is 0 Å². The number of hydrogen-bond acceptors (Lipinski definition) is 8. The van der Waals surface area contributed by atoms with Gasteiger partial charge in [0.1, 0.15) is 36.9 Å². The highest BCUT2D eigenvalue weighted by Gasteiger charge is 2.07. The average molecular weight is 583 g/mol. The summed E-state index contributed by atoms with van der Waals surface area (Å²) >= 11 is 0. The number of aliphatic hydroxyl groups is 2. The summed E-state index contributed by atoms with van der Waals surface area (Å²) in [6.07, 6.45) is 2.37. The van der Waals surface area contributed by atoms with Crippen molar-refractivity contribution in [2.24, 2.45) is 0 Å². The largest absolute Gasteiger partial charge is 0.491 e. The Morgan fingerprint density at radius 1 is 0.405 bits per heavy atom. The number of hydrogen-bond donors (Lipinski definition) is 2. The molecule has 0 aliphatic heterocycles. The number of benzene rings is 3. The predicted octanol–water partition coefficient (Wildman–Crippen LogP) is 5.54. The van der Waals surface area contributed by atoms with Crippen LogP contribution in [0.25, 0.3) is 0 Å². The lowest BCUT2D eigenvalue weighted by molar-refractivity contribution is 0.0304. The van der Waals surface area contributed by atoms with Crippen molar-refractivity contribution in [3.63, 3.8) is 0 Å². The summed E-state index contributed by atoms with van der Waals surface area (Å²) in [5, 5.41) is 20.1. The summed E-state index contributed by atoms with van der Waals surface area (Å²) in [5.41, 5.74) is 1.74. The van der Waals surface area contributed by atoms with Gasteiger partial charge in [-0.2, -0.15) is 0 Å². The Morgan fingerprint density at radius 2 is 0.762 bits per heavy atom. The fourth-order valence-electron chi connectivity index (χ4n) is 4.02. The van der Waals surface area contributed by atoms with Crippen LogP contribution >= 0.6 is 0 Å². The van der Waals surface area contributed by atoms with Gasteiger partial charge in [-0.15, -0.1) is 0 Å². The van der Waals surface area contributed by atoms with Crippen molar-refractivity contribution >= 4 is 0 Å². The highest BCUT2D eigenvalue weighted by molar-refractivity contribution is 5.31. The fourth-order valence-corrected chi connectivity index (χ4v) is 4.02. The van der Waals surface area contributed by atoms with Gasteiger partial charge >= 0.3 is 0 Å². The second kappa shape index (κ2) is 21.7. The van der Waals surface area contributed by atoms with E-state index < -0.39 is 12.2 Å². The van der Waals surface area contributed by atoms with E-state index in [-0.39, 0.29) is 0 Å². The van der Waals surface area contributed by atoms with E-state index in [4.69, 9.17) is 28.4 Å². The molecule has 3 rings (SSSR count). The lowest BCUT2D eigenvalue weighted by atomic mass is 10.1. The molecule has 0 radical (unpaired) electrons. The van der Waals surface area contributed by atoms with Gasteiger partial charge in [0.05, 0.1) is 26.4 Å². The van der Waals surface area contributed by atoms with Gasteiger partial charge in [-0.1, -0.05) is 60.7 Å². The molecule has 0 aliphatic carbocycles. The van der Waals surface area contributed by atoms with Crippen LogP contribution in [0.4, 0.5) is 0 Å². The third-order valence-corrected chi connectivity index (χ3v) is 6.39. The minimum Gasteiger partial charge on any atom is -0.491 e. The SMILES string of the molecule is OC(COCCCCOCCOc1ccc(OCCOCCCCOCC(O)c2ccccc2)cc1)c1ccccc1. The zero-order chi connectivity index (χ0) is 29.5. The zero-order valence-electron chi connectivity index (χ0n) is 24.5. The molecule has 2 N–H and O–H groups in total. The topological polar surface area (TPSA) is 95.8 Å². The van der Waals surface area contributed by atoms with E-state index in [0.717, 1.165) is 48.3 Å². The lowest BCUT2D eigenvalue weighted by Gasteiger charge is -2.12. The first-order chi connectivity index (χ1) is 20.7. The van der Waals surface area contributed by atoms with Crippen LogP contribution in [0.15, 0.2) is 84.9 Å². The molecule has 0 amide bonds.